The molecule has 2 unspecified atom stereocenters. The van der Waals surface area contributed by atoms with E-state index >= 15 is 0 Å². The Morgan fingerprint density at radius 3 is 3.06 bits per heavy atom. The first-order valence-electron chi connectivity index (χ1n) is 6.35. The average Bonchev–Trinajstić information content (AvgIpc) is 2.77. The van der Waals surface area contributed by atoms with Gasteiger partial charge in [-0.15, -0.1) is 0 Å². The second kappa shape index (κ2) is 8.44. The summed E-state index contributed by atoms with van der Waals surface area (Å²) in [5.41, 5.74) is 0. The van der Waals surface area contributed by atoms with Crippen molar-refractivity contribution in [2.75, 3.05) is 40.0 Å². The molecule has 1 rings (SSSR count). The van der Waals surface area contributed by atoms with Crippen molar-refractivity contribution in [2.24, 2.45) is 5.92 Å². The van der Waals surface area contributed by atoms with Gasteiger partial charge in [0.15, 0.2) is 0 Å². The van der Waals surface area contributed by atoms with Gasteiger partial charge in [0.1, 0.15) is 0 Å². The van der Waals surface area contributed by atoms with E-state index in [1.165, 1.54) is 0 Å². The van der Waals surface area contributed by atoms with E-state index in [-0.39, 0.29) is 5.91 Å². The van der Waals surface area contributed by atoms with E-state index in [1.54, 1.807) is 7.11 Å². The van der Waals surface area contributed by atoms with Crippen LogP contribution in [0.1, 0.15) is 19.8 Å². The SMILES string of the molecule is CCC1OCCC1CNCC(=O)NCCOC. The lowest BCUT2D eigenvalue weighted by Crippen LogP contribution is -2.38. The van der Waals surface area contributed by atoms with Crippen LogP contribution in [0, 0.1) is 5.92 Å². The number of hydrogen-bond acceptors (Lipinski definition) is 4. The maximum atomic E-state index is 11.4. The normalized spacial score (nSPS) is 23.9. The highest BCUT2D eigenvalue weighted by Crippen LogP contribution is 2.22. The molecule has 0 saturated carbocycles. The summed E-state index contributed by atoms with van der Waals surface area (Å²) in [6.45, 7) is 5.35. The Hall–Kier alpha value is -0.650. The highest BCUT2D eigenvalue weighted by Gasteiger charge is 2.26. The Balaban J connectivity index is 2.04. The van der Waals surface area contributed by atoms with Crippen molar-refractivity contribution >= 4 is 5.91 Å². The molecule has 0 aromatic carbocycles. The third-order valence-electron chi connectivity index (χ3n) is 3.07. The molecular formula is C12H24N2O3. The molecule has 2 N–H and O–H groups in total. The lowest BCUT2D eigenvalue weighted by atomic mass is 10.00. The molecule has 1 saturated heterocycles. The monoisotopic (exact) mass is 244 g/mol. The molecule has 0 aliphatic carbocycles. The maximum Gasteiger partial charge on any atom is 0.234 e. The zero-order valence-corrected chi connectivity index (χ0v) is 10.8. The molecule has 17 heavy (non-hydrogen) atoms. The van der Waals surface area contributed by atoms with Gasteiger partial charge in [0.05, 0.1) is 19.3 Å². The first-order chi connectivity index (χ1) is 8.27. The van der Waals surface area contributed by atoms with E-state index in [2.05, 4.69) is 17.6 Å². The van der Waals surface area contributed by atoms with Crippen molar-refractivity contribution in [2.45, 2.75) is 25.9 Å². The van der Waals surface area contributed by atoms with Crippen molar-refractivity contribution in [1.82, 2.24) is 10.6 Å². The first kappa shape index (κ1) is 14.4. The highest BCUT2D eigenvalue weighted by atomic mass is 16.5. The van der Waals surface area contributed by atoms with E-state index in [4.69, 9.17) is 9.47 Å². The van der Waals surface area contributed by atoms with Gasteiger partial charge < -0.3 is 20.1 Å². The predicted molar refractivity (Wildman–Crippen MR) is 65.9 cm³/mol. The van der Waals surface area contributed by atoms with Crippen LogP contribution in [0.2, 0.25) is 0 Å². The summed E-state index contributed by atoms with van der Waals surface area (Å²) in [5.74, 6) is 0.570. The Kier molecular flexibility index (Phi) is 7.16. The minimum Gasteiger partial charge on any atom is -0.383 e. The predicted octanol–water partition coefficient (Wildman–Crippen LogP) is 0.154. The number of hydrogen-bond donors (Lipinski definition) is 2. The Labute approximate surface area is 103 Å². The Morgan fingerprint density at radius 2 is 2.35 bits per heavy atom. The van der Waals surface area contributed by atoms with E-state index in [0.29, 0.717) is 31.7 Å². The molecule has 0 aromatic heterocycles. The maximum absolute atomic E-state index is 11.4. The van der Waals surface area contributed by atoms with E-state index < -0.39 is 0 Å². The van der Waals surface area contributed by atoms with Crippen molar-refractivity contribution < 1.29 is 14.3 Å². The summed E-state index contributed by atoms with van der Waals surface area (Å²) in [7, 11) is 1.62. The summed E-state index contributed by atoms with van der Waals surface area (Å²) >= 11 is 0. The zero-order chi connectivity index (χ0) is 12.5. The molecule has 0 spiro atoms. The van der Waals surface area contributed by atoms with Gasteiger partial charge in [-0.3, -0.25) is 4.79 Å². The molecule has 100 valence electrons. The van der Waals surface area contributed by atoms with E-state index in [1.807, 2.05) is 0 Å². The minimum absolute atomic E-state index is 0.0222. The molecule has 1 heterocycles. The molecule has 1 amide bonds. The van der Waals surface area contributed by atoms with Crippen molar-refractivity contribution in [3.05, 3.63) is 0 Å². The van der Waals surface area contributed by atoms with Crippen LogP contribution < -0.4 is 10.6 Å². The number of rotatable bonds is 8. The molecule has 1 fully saturated rings. The topological polar surface area (TPSA) is 59.6 Å². The average molecular weight is 244 g/mol. The highest BCUT2D eigenvalue weighted by molar-refractivity contribution is 5.77. The van der Waals surface area contributed by atoms with Crippen molar-refractivity contribution in [3.63, 3.8) is 0 Å². The molecule has 1 aliphatic rings. The zero-order valence-electron chi connectivity index (χ0n) is 10.8. The molecule has 2 atom stereocenters. The second-order valence-corrected chi connectivity index (χ2v) is 4.34. The first-order valence-corrected chi connectivity index (χ1v) is 6.35. The Bertz CT molecular complexity index is 224. The number of ether oxygens (including phenoxy) is 2. The van der Waals surface area contributed by atoms with Gasteiger partial charge in [-0.05, 0) is 18.8 Å². The number of amides is 1. The summed E-state index contributed by atoms with van der Waals surface area (Å²) in [5, 5.41) is 5.96. The lowest BCUT2D eigenvalue weighted by molar-refractivity contribution is -0.120. The van der Waals surface area contributed by atoms with Crippen molar-refractivity contribution in [1.29, 1.82) is 0 Å². The third-order valence-corrected chi connectivity index (χ3v) is 3.07. The molecule has 0 bridgehead atoms. The van der Waals surface area contributed by atoms with Gasteiger partial charge in [0.25, 0.3) is 0 Å². The fourth-order valence-corrected chi connectivity index (χ4v) is 2.10. The third kappa shape index (κ3) is 5.48. The van der Waals surface area contributed by atoms with Crippen LogP contribution in [-0.4, -0.2) is 52.0 Å². The van der Waals surface area contributed by atoms with E-state index in [9.17, 15) is 4.79 Å². The molecular weight excluding hydrogens is 220 g/mol. The van der Waals surface area contributed by atoms with Gasteiger partial charge in [0.2, 0.25) is 5.91 Å². The largest absolute Gasteiger partial charge is 0.383 e. The summed E-state index contributed by atoms with van der Waals surface area (Å²) in [6.07, 6.45) is 2.50. The number of nitrogens with one attached hydrogen (secondary N) is 2. The van der Waals surface area contributed by atoms with Crippen LogP contribution in [-0.2, 0) is 14.3 Å². The van der Waals surface area contributed by atoms with Crippen LogP contribution in [0.25, 0.3) is 0 Å². The van der Waals surface area contributed by atoms with Crippen LogP contribution in [0.4, 0.5) is 0 Å². The minimum atomic E-state index is 0.0222. The lowest BCUT2D eigenvalue weighted by Gasteiger charge is -2.17. The van der Waals surface area contributed by atoms with Gasteiger partial charge in [0, 0.05) is 26.8 Å². The fraction of sp³-hybridized carbons (Fsp3) is 0.917. The molecule has 5 heteroatoms. The molecule has 0 aromatic rings. The molecule has 5 nitrogen and oxygen atoms in total. The number of carbonyl (C=O) groups is 1. The van der Waals surface area contributed by atoms with E-state index in [0.717, 1.165) is 26.0 Å². The number of carbonyl (C=O) groups excluding carboxylic acids is 1. The second-order valence-electron chi connectivity index (χ2n) is 4.34. The molecule has 1 aliphatic heterocycles. The van der Waals surface area contributed by atoms with Crippen LogP contribution >= 0.6 is 0 Å². The van der Waals surface area contributed by atoms with Gasteiger partial charge in [-0.2, -0.15) is 0 Å². The molecule has 0 radical (unpaired) electrons. The van der Waals surface area contributed by atoms with Gasteiger partial charge in [-0.1, -0.05) is 6.92 Å². The van der Waals surface area contributed by atoms with Crippen molar-refractivity contribution in [3.8, 4) is 0 Å². The van der Waals surface area contributed by atoms with Gasteiger partial charge in [-0.25, -0.2) is 0 Å². The summed E-state index contributed by atoms with van der Waals surface area (Å²) in [6, 6.07) is 0. The van der Waals surface area contributed by atoms with Crippen LogP contribution in [0.5, 0.6) is 0 Å². The summed E-state index contributed by atoms with van der Waals surface area (Å²) in [4.78, 5) is 11.4. The van der Waals surface area contributed by atoms with Gasteiger partial charge >= 0.3 is 0 Å². The summed E-state index contributed by atoms with van der Waals surface area (Å²) < 4.78 is 10.4. The number of methoxy groups -OCH3 is 1. The quantitative estimate of drug-likeness (QED) is 0.597. The smallest absolute Gasteiger partial charge is 0.234 e. The fourth-order valence-electron chi connectivity index (χ4n) is 2.10. The Morgan fingerprint density at radius 1 is 1.53 bits per heavy atom. The van der Waals surface area contributed by atoms with Crippen LogP contribution in [0.15, 0.2) is 0 Å². The standard InChI is InChI=1S/C12H24N2O3/c1-3-11-10(4-6-17-11)8-13-9-12(15)14-5-7-16-2/h10-11,13H,3-9H2,1-2H3,(H,14,15). The van der Waals surface area contributed by atoms with Crippen LogP contribution in [0.3, 0.4) is 0 Å².